The van der Waals surface area contributed by atoms with E-state index in [2.05, 4.69) is 156 Å². The number of hydrogen-bond acceptors (Lipinski definition) is 2. The fourth-order valence-corrected chi connectivity index (χ4v) is 10.4. The number of benzene rings is 3. The Balaban J connectivity index is 0.921. The van der Waals surface area contributed by atoms with E-state index in [1.807, 2.05) is 0 Å². The Morgan fingerprint density at radius 2 is 1.74 bits per heavy atom. The summed E-state index contributed by atoms with van der Waals surface area (Å²) in [6, 6.07) is 23.7. The molecule has 3 nitrogen and oxygen atoms in total. The number of nitrogens with one attached hydrogen (secondary N) is 1. The van der Waals surface area contributed by atoms with E-state index in [4.69, 9.17) is 0 Å². The normalized spacial score (nSPS) is 23.7. The van der Waals surface area contributed by atoms with Gasteiger partial charge in [0.05, 0.1) is 11.6 Å². The number of para-hydroxylation sites is 1. The maximum atomic E-state index is 3.80. The van der Waals surface area contributed by atoms with Gasteiger partial charge in [0.1, 0.15) is 0 Å². The zero-order valence-electron chi connectivity index (χ0n) is 30.7. The van der Waals surface area contributed by atoms with Crippen LogP contribution in [0.3, 0.4) is 0 Å². The molecule has 2 aliphatic heterocycles. The fourth-order valence-electron chi connectivity index (χ4n) is 10.4. The van der Waals surface area contributed by atoms with Gasteiger partial charge in [0.25, 0.3) is 0 Å². The Hall–Kier alpha value is -5.54. The molecule has 0 saturated heterocycles. The minimum atomic E-state index is 0.323. The molecular formula is C50H45N3. The number of aryl methyl sites for hydroxylation is 2. The van der Waals surface area contributed by atoms with Gasteiger partial charge in [-0.15, -0.1) is 0 Å². The van der Waals surface area contributed by atoms with Gasteiger partial charge in [-0.05, 0) is 156 Å². The van der Waals surface area contributed by atoms with Gasteiger partial charge in [-0.2, -0.15) is 0 Å². The van der Waals surface area contributed by atoms with Crippen LogP contribution in [0.1, 0.15) is 84.9 Å². The molecule has 3 heterocycles. The molecule has 11 rings (SSSR count). The molecule has 3 aromatic carbocycles. The number of allylic oxidation sites excluding steroid dienone is 14. The quantitative estimate of drug-likeness (QED) is 0.230. The van der Waals surface area contributed by atoms with Gasteiger partial charge in [0, 0.05) is 45.5 Å². The van der Waals surface area contributed by atoms with Crippen LogP contribution in [-0.2, 0) is 6.42 Å². The molecule has 0 radical (unpaired) electrons. The largest absolute Gasteiger partial charge is 0.358 e. The van der Waals surface area contributed by atoms with Crippen molar-refractivity contribution < 1.29 is 0 Å². The predicted octanol–water partition coefficient (Wildman–Crippen LogP) is 12.3. The monoisotopic (exact) mass is 687 g/mol. The van der Waals surface area contributed by atoms with E-state index in [1.54, 1.807) is 0 Å². The summed E-state index contributed by atoms with van der Waals surface area (Å²) >= 11 is 0. The van der Waals surface area contributed by atoms with E-state index in [9.17, 15) is 0 Å². The molecule has 4 aromatic rings. The Bertz CT molecular complexity index is 2550. The third-order valence-electron chi connectivity index (χ3n) is 12.7. The van der Waals surface area contributed by atoms with Gasteiger partial charge in [-0.3, -0.25) is 0 Å². The summed E-state index contributed by atoms with van der Waals surface area (Å²) in [6.45, 7) is 4.64. The van der Waals surface area contributed by atoms with Crippen LogP contribution in [0.5, 0.6) is 0 Å². The lowest BCUT2D eigenvalue weighted by Gasteiger charge is -2.35. The summed E-state index contributed by atoms with van der Waals surface area (Å²) in [5, 5.41) is 5.18. The zero-order valence-corrected chi connectivity index (χ0v) is 30.7. The van der Waals surface area contributed by atoms with Crippen molar-refractivity contribution in [2.24, 2.45) is 5.92 Å². The first-order chi connectivity index (χ1) is 26.1. The highest BCUT2D eigenvalue weighted by Crippen LogP contribution is 2.49. The number of hydrogen-bond donors (Lipinski definition) is 1. The molecule has 3 unspecified atom stereocenters. The maximum absolute atomic E-state index is 3.80. The lowest BCUT2D eigenvalue weighted by atomic mass is 9.83. The molecule has 0 saturated carbocycles. The van der Waals surface area contributed by atoms with Crippen LogP contribution in [0.25, 0.3) is 33.8 Å². The molecule has 5 aliphatic carbocycles. The molecule has 1 N–H and O–H groups in total. The van der Waals surface area contributed by atoms with E-state index in [0.29, 0.717) is 17.9 Å². The van der Waals surface area contributed by atoms with Crippen molar-refractivity contribution in [3.8, 4) is 5.69 Å². The fraction of sp³-hybridized carbons (Fsp3) is 0.240. The van der Waals surface area contributed by atoms with Crippen molar-refractivity contribution in [2.45, 2.75) is 70.8 Å². The van der Waals surface area contributed by atoms with Crippen molar-refractivity contribution in [1.82, 2.24) is 9.47 Å². The molecule has 260 valence electrons. The summed E-state index contributed by atoms with van der Waals surface area (Å²) in [5.41, 5.74) is 22.1. The average Bonchev–Trinajstić information content (AvgIpc) is 3.84. The van der Waals surface area contributed by atoms with Gasteiger partial charge >= 0.3 is 0 Å². The van der Waals surface area contributed by atoms with E-state index in [0.717, 1.165) is 44.9 Å². The first kappa shape index (κ1) is 31.0. The highest BCUT2D eigenvalue weighted by atomic mass is 15.2. The topological polar surface area (TPSA) is 20.2 Å². The van der Waals surface area contributed by atoms with Gasteiger partial charge in [-0.1, -0.05) is 85.9 Å². The standard InChI is InChI=1S/C50H45N3/c1-31-23-35(27-37(25-31)52-47-15-7-3-11-39(47)40-12-4-8-16-48(40)52)33-19-21-45-43(29-33)44-30-34(20-22-46(44)51-45)36-24-32(2)26-38(28-36)53-49-17-9-5-13-41(49)42-14-6-10-18-50(42)53/h3-5,7,9-13,17-24,26-29,31,44,47,51H,6,8,14-16,25,30H2,1-2H3. The highest BCUT2D eigenvalue weighted by Gasteiger charge is 2.38. The van der Waals surface area contributed by atoms with Crippen molar-refractivity contribution in [2.75, 3.05) is 5.32 Å². The van der Waals surface area contributed by atoms with Crippen LogP contribution in [-0.4, -0.2) is 15.5 Å². The van der Waals surface area contributed by atoms with E-state index < -0.39 is 0 Å². The smallest absolute Gasteiger partial charge is 0.0626 e. The van der Waals surface area contributed by atoms with Crippen LogP contribution in [0, 0.1) is 12.8 Å². The summed E-state index contributed by atoms with van der Waals surface area (Å²) < 4.78 is 2.49. The Morgan fingerprint density at radius 3 is 2.70 bits per heavy atom. The zero-order chi connectivity index (χ0) is 35.2. The third-order valence-corrected chi connectivity index (χ3v) is 12.7. The van der Waals surface area contributed by atoms with Crippen LogP contribution in [0.4, 0.5) is 5.69 Å². The molecule has 0 amide bonds. The molecule has 3 heteroatoms. The second kappa shape index (κ2) is 12.0. The van der Waals surface area contributed by atoms with E-state index >= 15 is 0 Å². The van der Waals surface area contributed by atoms with Gasteiger partial charge in [-0.25, -0.2) is 0 Å². The molecule has 0 bridgehead atoms. The SMILES string of the molecule is Cc1cc(C2=CC=C3Nc4ccc(C5=CC(C)CC(N6C7=C(C=CCC7)C7=CC=CCC76)=C5)cc4C3C2)cc(-n2c3c(c4ccccc42)CCC=C3)c1. The third kappa shape index (κ3) is 4.93. The van der Waals surface area contributed by atoms with Crippen LogP contribution in [0.15, 0.2) is 150 Å². The maximum Gasteiger partial charge on any atom is 0.0626 e. The molecular weight excluding hydrogens is 643 g/mol. The molecule has 53 heavy (non-hydrogen) atoms. The molecule has 3 atom stereocenters. The molecule has 0 fully saturated rings. The summed E-state index contributed by atoms with van der Waals surface area (Å²) in [4.78, 5) is 2.73. The molecule has 0 spiro atoms. The van der Waals surface area contributed by atoms with Gasteiger partial charge < -0.3 is 14.8 Å². The van der Waals surface area contributed by atoms with Crippen molar-refractivity contribution in [1.29, 1.82) is 0 Å². The van der Waals surface area contributed by atoms with Crippen LogP contribution >= 0.6 is 0 Å². The Labute approximate surface area is 313 Å². The van der Waals surface area contributed by atoms with Crippen LogP contribution < -0.4 is 5.32 Å². The number of aromatic nitrogens is 1. The van der Waals surface area contributed by atoms with E-state index in [1.165, 1.54) is 95.2 Å². The number of nitrogens with zero attached hydrogens (tertiary/aromatic N) is 2. The Morgan fingerprint density at radius 1 is 0.830 bits per heavy atom. The second-order valence-electron chi connectivity index (χ2n) is 16.1. The van der Waals surface area contributed by atoms with Gasteiger partial charge in [0.15, 0.2) is 0 Å². The minimum absolute atomic E-state index is 0.323. The highest BCUT2D eigenvalue weighted by molar-refractivity contribution is 5.91. The summed E-state index contributed by atoms with van der Waals surface area (Å²) in [5.74, 6) is 0.810. The van der Waals surface area contributed by atoms with Crippen molar-refractivity contribution in [3.63, 3.8) is 0 Å². The first-order valence-corrected chi connectivity index (χ1v) is 19.8. The second-order valence-corrected chi connectivity index (χ2v) is 16.1. The van der Waals surface area contributed by atoms with E-state index in [-0.39, 0.29) is 0 Å². The van der Waals surface area contributed by atoms with Crippen molar-refractivity contribution in [3.05, 3.63) is 183 Å². The number of rotatable bonds is 4. The molecule has 7 aliphatic rings. The Kier molecular flexibility index (Phi) is 7.02. The van der Waals surface area contributed by atoms with Crippen LogP contribution in [0.2, 0.25) is 0 Å². The number of fused-ring (bicyclic) bond motifs is 8. The summed E-state index contributed by atoms with van der Waals surface area (Å²) in [7, 11) is 0. The number of anilines is 1. The average molecular weight is 688 g/mol. The minimum Gasteiger partial charge on any atom is -0.358 e. The predicted molar refractivity (Wildman–Crippen MR) is 222 cm³/mol. The summed E-state index contributed by atoms with van der Waals surface area (Å²) in [6.07, 6.45) is 33.7. The molecule has 1 aromatic heterocycles. The van der Waals surface area contributed by atoms with Gasteiger partial charge in [0.2, 0.25) is 0 Å². The first-order valence-electron chi connectivity index (χ1n) is 19.8. The lowest BCUT2D eigenvalue weighted by Crippen LogP contribution is -2.32. The lowest BCUT2D eigenvalue weighted by molar-refractivity contribution is 0.341. The van der Waals surface area contributed by atoms with Crippen molar-refractivity contribution >= 4 is 33.8 Å².